The van der Waals surface area contributed by atoms with Gasteiger partial charge >= 0.3 is 5.97 Å². The van der Waals surface area contributed by atoms with E-state index in [0.717, 1.165) is 0 Å². The van der Waals surface area contributed by atoms with E-state index in [9.17, 15) is 18.8 Å². The molecule has 24 heavy (non-hydrogen) atoms. The van der Waals surface area contributed by atoms with Gasteiger partial charge in [-0.25, -0.2) is 9.18 Å². The molecule has 1 unspecified atom stereocenters. The predicted octanol–water partition coefficient (Wildman–Crippen LogP) is 2.56. The average molecular weight is 333 g/mol. The summed E-state index contributed by atoms with van der Waals surface area (Å²) < 4.78 is 18.7. The second-order valence-electron chi connectivity index (χ2n) is 5.81. The van der Waals surface area contributed by atoms with Crippen LogP contribution in [0.15, 0.2) is 36.9 Å². The van der Waals surface area contributed by atoms with Gasteiger partial charge in [0.25, 0.3) is 0 Å². The molecule has 0 aliphatic carbocycles. The molecule has 2 rings (SSSR count). The summed E-state index contributed by atoms with van der Waals surface area (Å²) in [6.45, 7) is 3.04. The summed E-state index contributed by atoms with van der Waals surface area (Å²) in [5.74, 6) is -2.22. The van der Waals surface area contributed by atoms with E-state index in [1.807, 2.05) is 0 Å². The Balaban J connectivity index is 2.08. The first-order valence-electron chi connectivity index (χ1n) is 7.85. The van der Waals surface area contributed by atoms with E-state index in [-0.39, 0.29) is 17.9 Å². The van der Waals surface area contributed by atoms with Gasteiger partial charge in [-0.2, -0.15) is 0 Å². The van der Waals surface area contributed by atoms with E-state index in [1.54, 1.807) is 0 Å². The highest BCUT2D eigenvalue weighted by Gasteiger charge is 2.41. The van der Waals surface area contributed by atoms with Gasteiger partial charge in [-0.3, -0.25) is 9.59 Å². The molecule has 0 saturated carbocycles. The molecule has 1 aromatic rings. The first kappa shape index (κ1) is 17.8. The van der Waals surface area contributed by atoms with E-state index in [1.165, 1.54) is 30.3 Å². The van der Waals surface area contributed by atoms with Crippen molar-refractivity contribution >= 4 is 17.7 Å². The number of ether oxygens (including phenoxy) is 1. The van der Waals surface area contributed by atoms with Gasteiger partial charge in [-0.05, 0) is 37.8 Å². The molecule has 1 amide bonds. The highest BCUT2D eigenvalue weighted by molar-refractivity contribution is 5.99. The second kappa shape index (κ2) is 7.86. The van der Waals surface area contributed by atoms with E-state index < -0.39 is 29.7 Å². The molecule has 1 aromatic carbocycles. The second-order valence-corrected chi connectivity index (χ2v) is 5.81. The number of hydrogen-bond acceptors (Lipinski definition) is 4. The lowest BCUT2D eigenvalue weighted by atomic mass is 9.90. The average Bonchev–Trinajstić information content (AvgIpc) is 2.75. The molecule has 0 radical (unpaired) electrons. The van der Waals surface area contributed by atoms with Crippen molar-refractivity contribution in [2.45, 2.75) is 37.6 Å². The van der Waals surface area contributed by atoms with Crippen LogP contribution in [0.3, 0.4) is 0 Å². The molecule has 1 N–H and O–H groups in total. The third-order valence-corrected chi connectivity index (χ3v) is 4.03. The number of hydrogen-bond donors (Lipinski definition) is 1. The van der Waals surface area contributed by atoms with Crippen LogP contribution in [0, 0.1) is 5.82 Å². The summed E-state index contributed by atoms with van der Waals surface area (Å²) >= 11 is 0. The normalized spacial score (nSPS) is 20.6. The molecule has 0 spiro atoms. The first-order chi connectivity index (χ1) is 11.5. The Bertz CT molecular complexity index is 658. The lowest BCUT2D eigenvalue weighted by molar-refractivity contribution is -0.152. The number of Topliss-reactive ketones (excluding diaryl/α,β-unsaturated/α-hetero) is 1. The zero-order valence-corrected chi connectivity index (χ0v) is 13.3. The number of nitrogens with one attached hydrogen (secondary N) is 1. The number of esters is 1. The van der Waals surface area contributed by atoms with Crippen LogP contribution in [0.1, 0.15) is 42.5 Å². The van der Waals surface area contributed by atoms with Crippen LogP contribution in [0.25, 0.3) is 0 Å². The topological polar surface area (TPSA) is 72.5 Å². The van der Waals surface area contributed by atoms with E-state index in [2.05, 4.69) is 11.9 Å². The van der Waals surface area contributed by atoms with Crippen LogP contribution in [-0.4, -0.2) is 29.8 Å². The highest BCUT2D eigenvalue weighted by atomic mass is 19.1. The Hall–Kier alpha value is -2.50. The highest BCUT2D eigenvalue weighted by Crippen LogP contribution is 2.25. The van der Waals surface area contributed by atoms with Crippen LogP contribution >= 0.6 is 0 Å². The van der Waals surface area contributed by atoms with Gasteiger partial charge in [0.1, 0.15) is 11.4 Å². The van der Waals surface area contributed by atoms with Crippen molar-refractivity contribution in [1.29, 1.82) is 0 Å². The summed E-state index contributed by atoms with van der Waals surface area (Å²) in [5, 5.41) is 2.70. The number of carbonyl (C=O) groups is 3. The van der Waals surface area contributed by atoms with Gasteiger partial charge in [-0.15, -0.1) is 6.58 Å². The third-order valence-electron chi connectivity index (χ3n) is 4.03. The fourth-order valence-corrected chi connectivity index (χ4v) is 2.77. The van der Waals surface area contributed by atoms with Crippen molar-refractivity contribution in [3.63, 3.8) is 0 Å². The van der Waals surface area contributed by atoms with Crippen LogP contribution in [0.4, 0.5) is 4.39 Å². The fourth-order valence-electron chi connectivity index (χ4n) is 2.77. The number of amides is 1. The number of ketones is 1. The van der Waals surface area contributed by atoms with Crippen LogP contribution in [0.2, 0.25) is 0 Å². The first-order valence-corrected chi connectivity index (χ1v) is 7.85. The minimum atomic E-state index is -1.20. The predicted molar refractivity (Wildman–Crippen MR) is 85.8 cm³/mol. The van der Waals surface area contributed by atoms with Gasteiger partial charge < -0.3 is 10.1 Å². The standard InChI is InChI=1S/C18H20FNO4/c1-2-10-18(11-6-5-9-16(22)20-18)17(23)24-12-15(21)13-7-3-4-8-14(13)19/h2-4,7-8H,1,5-6,9-12H2,(H,20,22). The quantitative estimate of drug-likeness (QED) is 0.493. The number of halogens is 1. The van der Waals surface area contributed by atoms with Gasteiger partial charge in [-0.1, -0.05) is 18.2 Å². The van der Waals surface area contributed by atoms with Gasteiger partial charge in [0, 0.05) is 6.42 Å². The smallest absolute Gasteiger partial charge is 0.332 e. The lowest BCUT2D eigenvalue weighted by Crippen LogP contribution is -2.54. The third kappa shape index (κ3) is 4.07. The summed E-state index contributed by atoms with van der Waals surface area (Å²) in [6, 6.07) is 5.50. The minimum absolute atomic E-state index is 0.132. The number of rotatable bonds is 6. The molecule has 1 heterocycles. The van der Waals surface area contributed by atoms with Gasteiger partial charge in [0.05, 0.1) is 5.56 Å². The molecule has 1 atom stereocenters. The van der Waals surface area contributed by atoms with Crippen molar-refractivity contribution in [2.24, 2.45) is 0 Å². The molecular formula is C18H20FNO4. The maximum absolute atomic E-state index is 13.6. The molecule has 0 aromatic heterocycles. The molecule has 1 aliphatic heterocycles. The molecule has 6 heteroatoms. The van der Waals surface area contributed by atoms with Gasteiger partial charge in [0.15, 0.2) is 6.61 Å². The Morgan fingerprint density at radius 1 is 1.33 bits per heavy atom. The van der Waals surface area contributed by atoms with Gasteiger partial charge in [0.2, 0.25) is 11.7 Å². The van der Waals surface area contributed by atoms with Crippen molar-refractivity contribution in [1.82, 2.24) is 5.32 Å². The maximum atomic E-state index is 13.6. The number of benzene rings is 1. The minimum Gasteiger partial charge on any atom is -0.456 e. The molecule has 0 bridgehead atoms. The summed E-state index contributed by atoms with van der Waals surface area (Å²) in [4.78, 5) is 36.3. The zero-order chi connectivity index (χ0) is 17.6. The maximum Gasteiger partial charge on any atom is 0.332 e. The Morgan fingerprint density at radius 3 is 2.79 bits per heavy atom. The Kier molecular flexibility index (Phi) is 5.84. The SMILES string of the molecule is C=CCC1(C(=O)OCC(=O)c2ccccc2F)CCCCC(=O)N1. The Labute approximate surface area is 139 Å². The summed E-state index contributed by atoms with van der Waals surface area (Å²) in [7, 11) is 0. The molecule has 5 nitrogen and oxygen atoms in total. The molecule has 1 aliphatic rings. The van der Waals surface area contributed by atoms with Crippen molar-refractivity contribution < 1.29 is 23.5 Å². The van der Waals surface area contributed by atoms with Crippen molar-refractivity contribution in [2.75, 3.05) is 6.61 Å². The molecule has 128 valence electrons. The molecular weight excluding hydrogens is 313 g/mol. The lowest BCUT2D eigenvalue weighted by Gasteiger charge is -2.30. The summed E-state index contributed by atoms with van der Waals surface area (Å²) in [5.41, 5.74) is -1.34. The number of carbonyl (C=O) groups excluding carboxylic acids is 3. The van der Waals surface area contributed by atoms with Crippen molar-refractivity contribution in [3.05, 3.63) is 48.3 Å². The zero-order valence-electron chi connectivity index (χ0n) is 13.3. The van der Waals surface area contributed by atoms with Crippen molar-refractivity contribution in [3.8, 4) is 0 Å². The fraction of sp³-hybridized carbons (Fsp3) is 0.389. The molecule has 1 fully saturated rings. The summed E-state index contributed by atoms with van der Waals surface area (Å²) in [6.07, 6.45) is 3.88. The van der Waals surface area contributed by atoms with E-state index in [0.29, 0.717) is 25.7 Å². The van der Waals surface area contributed by atoms with Crippen LogP contribution in [0.5, 0.6) is 0 Å². The monoisotopic (exact) mass is 333 g/mol. The largest absolute Gasteiger partial charge is 0.456 e. The molecule has 1 saturated heterocycles. The van der Waals surface area contributed by atoms with Crippen LogP contribution in [-0.2, 0) is 14.3 Å². The van der Waals surface area contributed by atoms with E-state index >= 15 is 0 Å². The van der Waals surface area contributed by atoms with E-state index in [4.69, 9.17) is 4.74 Å². The van der Waals surface area contributed by atoms with Crippen LogP contribution < -0.4 is 5.32 Å². The Morgan fingerprint density at radius 2 is 2.08 bits per heavy atom.